The molecule has 0 aliphatic heterocycles. The zero-order chi connectivity index (χ0) is 19.6. The van der Waals surface area contributed by atoms with Crippen molar-refractivity contribution in [2.24, 2.45) is 0 Å². The first-order chi connectivity index (χ1) is 12.6. The lowest BCUT2D eigenvalue weighted by Gasteiger charge is -2.07. The molecule has 0 aromatic heterocycles. The number of carbonyl (C=O) groups excluding carboxylic acids is 2. The molecule has 0 radical (unpaired) electrons. The predicted octanol–water partition coefficient (Wildman–Crippen LogP) is 3.89. The van der Waals surface area contributed by atoms with Crippen molar-refractivity contribution in [3.8, 4) is 6.07 Å². The number of allylic oxidation sites excluding steroid dienone is 5. The summed E-state index contributed by atoms with van der Waals surface area (Å²) in [5.74, 6) is 0.128. The van der Waals surface area contributed by atoms with Crippen molar-refractivity contribution in [3.63, 3.8) is 0 Å². The molecule has 6 nitrogen and oxygen atoms in total. The van der Waals surface area contributed by atoms with E-state index in [1.165, 1.54) is 0 Å². The largest absolute Gasteiger partial charge is 0.494 e. The molecule has 0 aliphatic carbocycles. The summed E-state index contributed by atoms with van der Waals surface area (Å²) < 4.78 is 15.5. The van der Waals surface area contributed by atoms with E-state index in [0.717, 1.165) is 6.08 Å². The average molecular weight is 359 g/mol. The zero-order valence-corrected chi connectivity index (χ0v) is 15.3. The second kappa shape index (κ2) is 15.5. The lowest BCUT2D eigenvalue weighted by Crippen LogP contribution is -2.05. The van der Waals surface area contributed by atoms with Crippen molar-refractivity contribution >= 4 is 11.9 Å². The smallest absolute Gasteiger partial charge is 0.330 e. The molecule has 0 N–H and O–H groups in total. The number of rotatable bonds is 12. The second-order valence-electron chi connectivity index (χ2n) is 4.80. The Balaban J connectivity index is 4.18. The number of esters is 2. The monoisotopic (exact) mass is 359 g/mol. The average Bonchev–Trinajstić information content (AvgIpc) is 2.65. The Kier molecular flexibility index (Phi) is 13.6. The van der Waals surface area contributed by atoms with E-state index in [4.69, 9.17) is 19.5 Å². The predicted molar refractivity (Wildman–Crippen MR) is 98.5 cm³/mol. The van der Waals surface area contributed by atoms with Crippen LogP contribution in [0.3, 0.4) is 0 Å². The van der Waals surface area contributed by atoms with Gasteiger partial charge in [-0.3, -0.25) is 4.79 Å². The Morgan fingerprint density at radius 2 is 1.69 bits per heavy atom. The molecule has 0 spiro atoms. The van der Waals surface area contributed by atoms with E-state index in [1.54, 1.807) is 43.4 Å². The number of hydrogen-bond acceptors (Lipinski definition) is 6. The van der Waals surface area contributed by atoms with E-state index in [0.29, 0.717) is 24.5 Å². The van der Waals surface area contributed by atoms with Gasteiger partial charge in [0.1, 0.15) is 11.5 Å². The number of hydrogen-bond donors (Lipinski definition) is 0. The van der Waals surface area contributed by atoms with Crippen LogP contribution in [-0.2, 0) is 23.8 Å². The van der Waals surface area contributed by atoms with E-state index < -0.39 is 11.9 Å². The Labute approximate surface area is 154 Å². The highest BCUT2D eigenvalue weighted by atomic mass is 16.5. The molecule has 6 heteroatoms. The first-order valence-electron chi connectivity index (χ1n) is 8.22. The fourth-order valence-corrected chi connectivity index (χ4v) is 1.57. The lowest BCUT2D eigenvalue weighted by atomic mass is 10.3. The summed E-state index contributed by atoms with van der Waals surface area (Å²) in [6.45, 7) is 7.50. The van der Waals surface area contributed by atoms with Gasteiger partial charge >= 0.3 is 11.9 Å². The summed E-state index contributed by atoms with van der Waals surface area (Å²) in [7, 11) is 0. The molecule has 0 bridgehead atoms. The third-order valence-electron chi connectivity index (χ3n) is 2.83. The van der Waals surface area contributed by atoms with Crippen LogP contribution in [0.15, 0.2) is 60.6 Å². The Hall–Kier alpha value is -3.07. The van der Waals surface area contributed by atoms with Gasteiger partial charge in [-0.2, -0.15) is 5.26 Å². The summed E-state index contributed by atoms with van der Waals surface area (Å²) >= 11 is 0. The van der Waals surface area contributed by atoms with Gasteiger partial charge in [-0.1, -0.05) is 18.7 Å². The molecule has 26 heavy (non-hydrogen) atoms. The highest BCUT2D eigenvalue weighted by molar-refractivity contribution is 5.81. The van der Waals surface area contributed by atoms with E-state index in [2.05, 4.69) is 6.58 Å². The molecule has 0 atom stereocenters. The van der Waals surface area contributed by atoms with Gasteiger partial charge in [0, 0.05) is 12.5 Å². The zero-order valence-electron chi connectivity index (χ0n) is 15.3. The third kappa shape index (κ3) is 12.4. The summed E-state index contributed by atoms with van der Waals surface area (Å²) in [5.41, 5.74) is 0. The van der Waals surface area contributed by atoms with Crippen molar-refractivity contribution in [1.82, 2.24) is 0 Å². The number of carbonyl (C=O) groups is 2. The van der Waals surface area contributed by atoms with Crippen LogP contribution in [0.25, 0.3) is 0 Å². The number of ether oxygens (including phenoxy) is 3. The van der Waals surface area contributed by atoms with Crippen LogP contribution < -0.4 is 0 Å². The fourth-order valence-electron chi connectivity index (χ4n) is 1.57. The van der Waals surface area contributed by atoms with Gasteiger partial charge in [0.25, 0.3) is 0 Å². The van der Waals surface area contributed by atoms with Crippen LogP contribution in [0.4, 0.5) is 0 Å². The molecule has 0 fully saturated rings. The first-order valence-corrected chi connectivity index (χ1v) is 8.22. The van der Waals surface area contributed by atoms with Crippen molar-refractivity contribution < 1.29 is 23.8 Å². The minimum atomic E-state index is -0.461. The topological polar surface area (TPSA) is 85.6 Å². The van der Waals surface area contributed by atoms with Crippen LogP contribution in [0.2, 0.25) is 0 Å². The molecule has 0 aromatic rings. The SMILES string of the molecule is C=CC(=O)OCCCOC(/C=C\CC(=O)OC(/C=C\CC#N)=C/C)=C/C. The molecule has 0 saturated heterocycles. The van der Waals surface area contributed by atoms with Crippen molar-refractivity contribution in [2.75, 3.05) is 13.2 Å². The van der Waals surface area contributed by atoms with E-state index in [1.807, 2.05) is 13.0 Å². The molecule has 0 aliphatic rings. The van der Waals surface area contributed by atoms with Gasteiger partial charge in [0.15, 0.2) is 0 Å². The van der Waals surface area contributed by atoms with Gasteiger partial charge in [0.2, 0.25) is 0 Å². The first kappa shape index (κ1) is 22.9. The molecule has 0 unspecified atom stereocenters. The molecule has 0 amide bonds. The molecular weight excluding hydrogens is 334 g/mol. The minimum absolute atomic E-state index is 0.0844. The highest BCUT2D eigenvalue weighted by Crippen LogP contribution is 2.06. The van der Waals surface area contributed by atoms with Crippen molar-refractivity contribution in [3.05, 3.63) is 60.6 Å². The van der Waals surface area contributed by atoms with Gasteiger partial charge in [-0.25, -0.2) is 4.79 Å². The summed E-state index contributed by atoms with van der Waals surface area (Å²) in [6, 6.07) is 1.97. The van der Waals surface area contributed by atoms with Crippen molar-refractivity contribution in [2.45, 2.75) is 33.1 Å². The Morgan fingerprint density at radius 3 is 2.31 bits per heavy atom. The van der Waals surface area contributed by atoms with Gasteiger partial charge < -0.3 is 14.2 Å². The van der Waals surface area contributed by atoms with Gasteiger partial charge in [0.05, 0.1) is 32.1 Å². The molecular formula is C20H25NO5. The van der Waals surface area contributed by atoms with E-state index in [-0.39, 0.29) is 19.4 Å². The molecule has 0 saturated carbocycles. The van der Waals surface area contributed by atoms with Crippen LogP contribution >= 0.6 is 0 Å². The maximum Gasteiger partial charge on any atom is 0.330 e. The van der Waals surface area contributed by atoms with E-state index in [9.17, 15) is 9.59 Å². The fraction of sp³-hybridized carbons (Fsp3) is 0.350. The maximum atomic E-state index is 11.8. The maximum absolute atomic E-state index is 11.8. The Bertz CT molecular complexity index is 621. The molecule has 0 rings (SSSR count). The number of nitrogens with zero attached hydrogens (tertiary/aromatic N) is 1. The van der Waals surface area contributed by atoms with Crippen LogP contribution in [0, 0.1) is 11.3 Å². The highest BCUT2D eigenvalue weighted by Gasteiger charge is 2.02. The van der Waals surface area contributed by atoms with Gasteiger partial charge in [-0.05, 0) is 38.2 Å². The third-order valence-corrected chi connectivity index (χ3v) is 2.83. The standard InChI is InChI=1S/C20H25NO5/c1-4-17(24-15-10-16-25-19(22)6-3)12-9-13-20(23)26-18(5-2)11-7-8-14-21/h4-7,9,11-12H,3,8,10,13,15-16H2,1-2H3/b11-7-,12-9-,17-4+,18-5+. The normalized spacial score (nSPS) is 12.0. The minimum Gasteiger partial charge on any atom is -0.494 e. The molecule has 0 heterocycles. The summed E-state index contributed by atoms with van der Waals surface area (Å²) in [5, 5.41) is 8.47. The summed E-state index contributed by atoms with van der Waals surface area (Å²) in [4.78, 5) is 22.6. The second-order valence-corrected chi connectivity index (χ2v) is 4.80. The van der Waals surface area contributed by atoms with Crippen LogP contribution in [-0.4, -0.2) is 25.2 Å². The van der Waals surface area contributed by atoms with Crippen LogP contribution in [0.5, 0.6) is 0 Å². The molecule has 0 aromatic carbocycles. The quantitative estimate of drug-likeness (QED) is 0.173. The van der Waals surface area contributed by atoms with E-state index >= 15 is 0 Å². The van der Waals surface area contributed by atoms with Gasteiger partial charge in [-0.15, -0.1) is 0 Å². The summed E-state index contributed by atoms with van der Waals surface area (Å²) in [6.07, 6.45) is 11.9. The Morgan fingerprint density at radius 1 is 1.04 bits per heavy atom. The molecule has 140 valence electrons. The number of nitriles is 1. The lowest BCUT2D eigenvalue weighted by molar-refractivity contribution is -0.138. The van der Waals surface area contributed by atoms with Crippen molar-refractivity contribution in [1.29, 1.82) is 5.26 Å². The van der Waals surface area contributed by atoms with Crippen LogP contribution in [0.1, 0.15) is 33.1 Å².